The van der Waals surface area contributed by atoms with E-state index in [2.05, 4.69) is 41.9 Å². The molecule has 0 aromatic heterocycles. The fourth-order valence-corrected chi connectivity index (χ4v) is 4.02. The van der Waals surface area contributed by atoms with Crippen molar-refractivity contribution in [2.75, 3.05) is 6.54 Å². The molecule has 106 valence electrons. The lowest BCUT2D eigenvalue weighted by molar-refractivity contribution is 0.253. The Balaban J connectivity index is 2.07. The van der Waals surface area contributed by atoms with Crippen molar-refractivity contribution in [3.63, 3.8) is 0 Å². The minimum atomic E-state index is 0.544. The highest BCUT2D eigenvalue weighted by molar-refractivity contribution is 9.10. The Kier molecular flexibility index (Phi) is 5.08. The summed E-state index contributed by atoms with van der Waals surface area (Å²) in [5.74, 6) is 0. The largest absolute Gasteiger partial charge is 0.330 e. The molecule has 1 aromatic carbocycles. The first kappa shape index (κ1) is 15.1. The molecule has 0 bridgehead atoms. The van der Waals surface area contributed by atoms with Crippen LogP contribution in [0, 0.1) is 19.3 Å². The molecule has 1 aromatic rings. The minimum absolute atomic E-state index is 0.544. The van der Waals surface area contributed by atoms with Gasteiger partial charge in [-0.2, -0.15) is 0 Å². The second-order valence-corrected chi connectivity index (χ2v) is 7.13. The van der Waals surface area contributed by atoms with Crippen LogP contribution < -0.4 is 5.73 Å². The first-order valence-electron chi connectivity index (χ1n) is 7.52. The average Bonchev–Trinajstić information content (AvgIpc) is 2.82. The second kappa shape index (κ2) is 6.41. The topological polar surface area (TPSA) is 26.0 Å². The van der Waals surface area contributed by atoms with E-state index < -0.39 is 0 Å². The predicted molar refractivity (Wildman–Crippen MR) is 86.5 cm³/mol. The number of nitrogens with two attached hydrogens (primary N) is 1. The number of hydrogen-bond donors (Lipinski definition) is 1. The summed E-state index contributed by atoms with van der Waals surface area (Å²) in [6.07, 6.45) is 9.31. The zero-order valence-electron chi connectivity index (χ0n) is 12.3. The standard InChI is InChI=1S/C17H26BrN/c1-13-12-16(18)14(2)11-15(13)5-8-17(9-10-19)6-3-4-7-17/h11-12H,3-10,19H2,1-2H3. The number of halogens is 1. The molecule has 1 aliphatic carbocycles. The van der Waals surface area contributed by atoms with Crippen LogP contribution in [-0.2, 0) is 6.42 Å². The van der Waals surface area contributed by atoms with E-state index >= 15 is 0 Å². The lowest BCUT2D eigenvalue weighted by Gasteiger charge is -2.29. The highest BCUT2D eigenvalue weighted by Crippen LogP contribution is 2.44. The molecule has 1 fully saturated rings. The lowest BCUT2D eigenvalue weighted by Crippen LogP contribution is -2.22. The van der Waals surface area contributed by atoms with Crippen LogP contribution in [0.4, 0.5) is 0 Å². The van der Waals surface area contributed by atoms with Gasteiger partial charge in [0.2, 0.25) is 0 Å². The van der Waals surface area contributed by atoms with E-state index in [1.807, 2.05) is 0 Å². The molecule has 1 saturated carbocycles. The predicted octanol–water partition coefficient (Wildman–Crippen LogP) is 4.91. The minimum Gasteiger partial charge on any atom is -0.330 e. The summed E-state index contributed by atoms with van der Waals surface area (Å²) in [5.41, 5.74) is 10.7. The highest BCUT2D eigenvalue weighted by Gasteiger charge is 2.32. The molecule has 0 atom stereocenters. The third-order valence-corrected chi connectivity index (χ3v) is 5.74. The Labute approximate surface area is 126 Å². The van der Waals surface area contributed by atoms with Crippen molar-refractivity contribution in [2.24, 2.45) is 11.1 Å². The van der Waals surface area contributed by atoms with Crippen molar-refractivity contribution in [1.29, 1.82) is 0 Å². The third kappa shape index (κ3) is 3.61. The molecule has 0 heterocycles. The van der Waals surface area contributed by atoms with Gasteiger partial charge in [0.05, 0.1) is 0 Å². The molecule has 0 radical (unpaired) electrons. The summed E-state index contributed by atoms with van der Waals surface area (Å²) in [4.78, 5) is 0. The smallest absolute Gasteiger partial charge is 0.0207 e. The average molecular weight is 324 g/mol. The molecule has 0 saturated heterocycles. The summed E-state index contributed by atoms with van der Waals surface area (Å²) < 4.78 is 1.23. The van der Waals surface area contributed by atoms with E-state index in [0.717, 1.165) is 6.54 Å². The normalized spacial score (nSPS) is 17.9. The summed E-state index contributed by atoms with van der Waals surface area (Å²) in [6.45, 7) is 5.25. The van der Waals surface area contributed by atoms with Gasteiger partial charge in [0.25, 0.3) is 0 Å². The monoisotopic (exact) mass is 323 g/mol. The van der Waals surface area contributed by atoms with Crippen molar-refractivity contribution < 1.29 is 0 Å². The van der Waals surface area contributed by atoms with Crippen LogP contribution in [0.15, 0.2) is 16.6 Å². The van der Waals surface area contributed by atoms with E-state index in [-0.39, 0.29) is 0 Å². The molecule has 2 N–H and O–H groups in total. The van der Waals surface area contributed by atoms with Crippen LogP contribution >= 0.6 is 15.9 Å². The van der Waals surface area contributed by atoms with Gasteiger partial charge in [0.15, 0.2) is 0 Å². The molecular formula is C17H26BrN. The van der Waals surface area contributed by atoms with Gasteiger partial charge >= 0.3 is 0 Å². The van der Waals surface area contributed by atoms with E-state index in [9.17, 15) is 0 Å². The maximum atomic E-state index is 5.83. The molecule has 0 aliphatic heterocycles. The Hall–Kier alpha value is -0.340. The highest BCUT2D eigenvalue weighted by atomic mass is 79.9. The summed E-state index contributed by atoms with van der Waals surface area (Å²) in [7, 11) is 0. The Morgan fingerprint density at radius 2 is 1.79 bits per heavy atom. The molecule has 2 rings (SSSR count). The van der Waals surface area contributed by atoms with Gasteiger partial charge < -0.3 is 5.73 Å². The van der Waals surface area contributed by atoms with Gasteiger partial charge in [-0.1, -0.05) is 34.8 Å². The quantitative estimate of drug-likeness (QED) is 0.818. The Morgan fingerprint density at radius 1 is 1.11 bits per heavy atom. The van der Waals surface area contributed by atoms with Crippen LogP contribution in [0.1, 0.15) is 55.2 Å². The molecule has 0 unspecified atom stereocenters. The molecule has 0 spiro atoms. The van der Waals surface area contributed by atoms with E-state index in [4.69, 9.17) is 5.73 Å². The summed E-state index contributed by atoms with van der Waals surface area (Å²) in [5, 5.41) is 0. The van der Waals surface area contributed by atoms with Gasteiger partial charge in [-0.15, -0.1) is 0 Å². The van der Waals surface area contributed by atoms with E-state index in [1.54, 1.807) is 0 Å². The third-order valence-electron chi connectivity index (χ3n) is 4.88. The van der Waals surface area contributed by atoms with Gasteiger partial charge in [-0.05, 0) is 80.7 Å². The first-order chi connectivity index (χ1) is 9.06. The number of aryl methyl sites for hydroxylation is 3. The second-order valence-electron chi connectivity index (χ2n) is 6.27. The number of hydrogen-bond acceptors (Lipinski definition) is 1. The first-order valence-corrected chi connectivity index (χ1v) is 8.31. The Bertz CT molecular complexity index is 433. The van der Waals surface area contributed by atoms with Gasteiger partial charge in [0, 0.05) is 4.47 Å². The van der Waals surface area contributed by atoms with Crippen molar-refractivity contribution in [1.82, 2.24) is 0 Å². The van der Waals surface area contributed by atoms with Crippen LogP contribution in [0.5, 0.6) is 0 Å². The van der Waals surface area contributed by atoms with Crippen molar-refractivity contribution >= 4 is 15.9 Å². The number of benzene rings is 1. The molecule has 1 nitrogen and oxygen atoms in total. The van der Waals surface area contributed by atoms with Gasteiger partial charge in [0.1, 0.15) is 0 Å². The lowest BCUT2D eigenvalue weighted by atomic mass is 9.77. The zero-order valence-corrected chi connectivity index (χ0v) is 13.9. The van der Waals surface area contributed by atoms with Crippen LogP contribution in [0.2, 0.25) is 0 Å². The molecule has 0 amide bonds. The molecule has 19 heavy (non-hydrogen) atoms. The van der Waals surface area contributed by atoms with Crippen LogP contribution in [0.3, 0.4) is 0 Å². The molecule has 1 aliphatic rings. The van der Waals surface area contributed by atoms with Crippen molar-refractivity contribution in [3.8, 4) is 0 Å². The molecule has 2 heteroatoms. The Morgan fingerprint density at radius 3 is 2.42 bits per heavy atom. The summed E-state index contributed by atoms with van der Waals surface area (Å²) in [6, 6.07) is 4.61. The van der Waals surface area contributed by atoms with Crippen molar-refractivity contribution in [3.05, 3.63) is 33.3 Å². The number of rotatable bonds is 5. The van der Waals surface area contributed by atoms with Crippen LogP contribution in [0.25, 0.3) is 0 Å². The SMILES string of the molecule is Cc1cc(CCC2(CCN)CCCC2)c(C)cc1Br. The zero-order chi connectivity index (χ0) is 13.9. The summed E-state index contributed by atoms with van der Waals surface area (Å²) >= 11 is 3.62. The van der Waals surface area contributed by atoms with E-state index in [1.165, 1.54) is 66.1 Å². The molecular weight excluding hydrogens is 298 g/mol. The van der Waals surface area contributed by atoms with Gasteiger partial charge in [-0.25, -0.2) is 0 Å². The van der Waals surface area contributed by atoms with Gasteiger partial charge in [-0.3, -0.25) is 0 Å². The fraction of sp³-hybridized carbons (Fsp3) is 0.647. The van der Waals surface area contributed by atoms with E-state index in [0.29, 0.717) is 5.41 Å². The van der Waals surface area contributed by atoms with Crippen LogP contribution in [-0.4, -0.2) is 6.54 Å². The van der Waals surface area contributed by atoms with Crippen molar-refractivity contribution in [2.45, 2.75) is 58.8 Å². The maximum absolute atomic E-state index is 5.83. The fourth-order valence-electron chi connectivity index (χ4n) is 3.57. The maximum Gasteiger partial charge on any atom is 0.0207 e.